The Morgan fingerprint density at radius 3 is 2.50 bits per heavy atom. The lowest BCUT2D eigenvalue weighted by Gasteiger charge is -2.30. The lowest BCUT2D eigenvalue weighted by atomic mass is 10.0. The van der Waals surface area contributed by atoms with Crippen molar-refractivity contribution >= 4 is 11.6 Å². The van der Waals surface area contributed by atoms with E-state index in [0.29, 0.717) is 18.7 Å². The molecule has 0 aliphatic carbocycles. The number of benzene rings is 1. The van der Waals surface area contributed by atoms with Crippen LogP contribution in [0.3, 0.4) is 0 Å². The fourth-order valence-electron chi connectivity index (χ4n) is 3.63. The molecule has 2 aromatic rings. The molecule has 136 valence electrons. The Balaban J connectivity index is 1.49. The maximum absolute atomic E-state index is 12.9. The largest absolute Gasteiger partial charge is 0.378 e. The van der Waals surface area contributed by atoms with Gasteiger partial charge in [0.05, 0.1) is 13.2 Å². The smallest absolute Gasteiger partial charge is 0.254 e. The van der Waals surface area contributed by atoms with Crippen LogP contribution in [0, 0.1) is 0 Å². The monoisotopic (exact) mass is 353 g/mol. The molecule has 0 bridgehead atoms. The molecule has 6 nitrogen and oxygen atoms in total. The number of nitrogens with zero attached hydrogens (tertiary/aromatic N) is 3. The molecule has 3 heterocycles. The minimum absolute atomic E-state index is 0.00206. The molecular weight excluding hydrogens is 330 g/mol. The van der Waals surface area contributed by atoms with Gasteiger partial charge in [0.15, 0.2) is 0 Å². The first kappa shape index (κ1) is 16.8. The highest BCUT2D eigenvalue weighted by Gasteiger charge is 2.23. The van der Waals surface area contributed by atoms with Crippen molar-refractivity contribution in [3.63, 3.8) is 0 Å². The maximum atomic E-state index is 12.9. The van der Waals surface area contributed by atoms with Gasteiger partial charge in [0.1, 0.15) is 0 Å². The number of pyridine rings is 1. The second-order valence-electron chi connectivity index (χ2n) is 6.90. The van der Waals surface area contributed by atoms with Crippen LogP contribution in [0.4, 0.5) is 5.69 Å². The van der Waals surface area contributed by atoms with Crippen LogP contribution in [0.5, 0.6) is 0 Å². The van der Waals surface area contributed by atoms with Crippen molar-refractivity contribution in [1.82, 2.24) is 9.47 Å². The van der Waals surface area contributed by atoms with E-state index in [4.69, 9.17) is 4.74 Å². The first-order valence-corrected chi connectivity index (χ1v) is 9.02. The summed E-state index contributed by atoms with van der Waals surface area (Å²) in [6.07, 6.45) is 2.57. The van der Waals surface area contributed by atoms with Gasteiger partial charge in [-0.2, -0.15) is 0 Å². The van der Waals surface area contributed by atoms with Crippen LogP contribution < -0.4 is 10.5 Å². The van der Waals surface area contributed by atoms with E-state index in [2.05, 4.69) is 4.90 Å². The summed E-state index contributed by atoms with van der Waals surface area (Å²) >= 11 is 0. The van der Waals surface area contributed by atoms with E-state index >= 15 is 0 Å². The lowest BCUT2D eigenvalue weighted by Crippen LogP contribution is -2.37. The number of anilines is 1. The molecule has 0 atom stereocenters. The van der Waals surface area contributed by atoms with Crippen LogP contribution in [0.1, 0.15) is 21.5 Å². The number of carbonyl (C=O) groups excluding carboxylic acids is 1. The number of morpholine rings is 1. The predicted molar refractivity (Wildman–Crippen MR) is 99.6 cm³/mol. The normalized spacial score (nSPS) is 17.1. The Kier molecular flexibility index (Phi) is 4.51. The van der Waals surface area contributed by atoms with Crippen LogP contribution in [0.15, 0.2) is 41.3 Å². The minimum Gasteiger partial charge on any atom is -0.378 e. The Morgan fingerprint density at radius 1 is 1.04 bits per heavy atom. The van der Waals surface area contributed by atoms with Crippen molar-refractivity contribution in [1.29, 1.82) is 0 Å². The van der Waals surface area contributed by atoms with Crippen LogP contribution in [-0.2, 0) is 24.8 Å². The molecule has 1 fully saturated rings. The van der Waals surface area contributed by atoms with Crippen LogP contribution >= 0.6 is 0 Å². The lowest BCUT2D eigenvalue weighted by molar-refractivity contribution is 0.0734. The average molecular weight is 353 g/mol. The van der Waals surface area contributed by atoms with E-state index in [0.717, 1.165) is 49.5 Å². The molecule has 2 aliphatic rings. The number of fused-ring (bicyclic) bond motifs is 1. The summed E-state index contributed by atoms with van der Waals surface area (Å²) < 4.78 is 6.96. The molecule has 1 amide bonds. The van der Waals surface area contributed by atoms with E-state index < -0.39 is 0 Å². The summed E-state index contributed by atoms with van der Waals surface area (Å²) in [5.74, 6) is 0.0398. The van der Waals surface area contributed by atoms with Gasteiger partial charge in [0.25, 0.3) is 11.5 Å². The van der Waals surface area contributed by atoms with Gasteiger partial charge in [0, 0.05) is 56.7 Å². The van der Waals surface area contributed by atoms with Gasteiger partial charge < -0.3 is 19.1 Å². The number of amides is 1. The zero-order valence-corrected chi connectivity index (χ0v) is 15.0. The summed E-state index contributed by atoms with van der Waals surface area (Å²) in [5.41, 5.74) is 3.94. The third kappa shape index (κ3) is 3.24. The van der Waals surface area contributed by atoms with Gasteiger partial charge >= 0.3 is 0 Å². The van der Waals surface area contributed by atoms with Gasteiger partial charge in [-0.3, -0.25) is 9.59 Å². The summed E-state index contributed by atoms with van der Waals surface area (Å²) in [6, 6.07) is 9.53. The van der Waals surface area contributed by atoms with Crippen LogP contribution in [0.2, 0.25) is 0 Å². The van der Waals surface area contributed by atoms with Crippen molar-refractivity contribution in [2.24, 2.45) is 7.05 Å². The molecule has 6 heteroatoms. The van der Waals surface area contributed by atoms with Gasteiger partial charge in [-0.05, 0) is 41.8 Å². The number of carbonyl (C=O) groups is 1. The van der Waals surface area contributed by atoms with E-state index in [1.807, 2.05) is 35.4 Å². The van der Waals surface area contributed by atoms with E-state index in [1.54, 1.807) is 17.7 Å². The third-order valence-electron chi connectivity index (χ3n) is 5.20. The average Bonchev–Trinajstić information content (AvgIpc) is 2.69. The molecule has 0 unspecified atom stereocenters. The molecule has 1 aromatic heterocycles. The molecule has 2 aliphatic heterocycles. The summed E-state index contributed by atoms with van der Waals surface area (Å²) in [4.78, 5) is 28.8. The maximum Gasteiger partial charge on any atom is 0.254 e. The van der Waals surface area contributed by atoms with Gasteiger partial charge in [-0.25, -0.2) is 0 Å². The standard InChI is InChI=1S/C20H23N3O3/c1-21-13-17-14-23(7-6-16(17)12-19(21)24)20(25)15-2-4-18(5-3-15)22-8-10-26-11-9-22/h2-5,12-13H,6-11,14H2,1H3. The third-order valence-corrected chi connectivity index (χ3v) is 5.20. The van der Waals surface area contributed by atoms with Crippen molar-refractivity contribution in [2.75, 3.05) is 37.7 Å². The zero-order valence-electron chi connectivity index (χ0n) is 15.0. The highest BCUT2D eigenvalue weighted by atomic mass is 16.5. The fourth-order valence-corrected chi connectivity index (χ4v) is 3.63. The summed E-state index contributed by atoms with van der Waals surface area (Å²) in [6.45, 7) is 4.45. The Bertz CT molecular complexity index is 867. The Hall–Kier alpha value is -2.60. The van der Waals surface area contributed by atoms with Crippen molar-refractivity contribution < 1.29 is 9.53 Å². The molecule has 1 saturated heterocycles. The van der Waals surface area contributed by atoms with Gasteiger partial charge in [0.2, 0.25) is 0 Å². The van der Waals surface area contributed by atoms with E-state index in [-0.39, 0.29) is 11.5 Å². The van der Waals surface area contributed by atoms with Crippen molar-refractivity contribution in [2.45, 2.75) is 13.0 Å². The highest BCUT2D eigenvalue weighted by Crippen LogP contribution is 2.21. The van der Waals surface area contributed by atoms with Gasteiger partial charge in [-0.15, -0.1) is 0 Å². The molecule has 26 heavy (non-hydrogen) atoms. The summed E-state index contributed by atoms with van der Waals surface area (Å²) in [5, 5.41) is 0. The number of aryl methyl sites for hydroxylation is 1. The van der Waals surface area contributed by atoms with Crippen molar-refractivity contribution in [3.8, 4) is 0 Å². The number of rotatable bonds is 2. The van der Waals surface area contributed by atoms with Gasteiger partial charge in [-0.1, -0.05) is 0 Å². The topological polar surface area (TPSA) is 54.8 Å². The number of hydrogen-bond donors (Lipinski definition) is 0. The van der Waals surface area contributed by atoms with Crippen LogP contribution in [-0.4, -0.2) is 48.2 Å². The SMILES string of the molecule is Cn1cc2c(cc1=O)CCN(C(=O)c1ccc(N3CCOCC3)cc1)C2. The highest BCUT2D eigenvalue weighted by molar-refractivity contribution is 5.94. The molecule has 0 spiro atoms. The van der Waals surface area contributed by atoms with E-state index in [9.17, 15) is 9.59 Å². The summed E-state index contributed by atoms with van der Waals surface area (Å²) in [7, 11) is 1.74. The minimum atomic E-state index is 0.00206. The Morgan fingerprint density at radius 2 is 1.77 bits per heavy atom. The molecule has 0 N–H and O–H groups in total. The number of ether oxygens (including phenoxy) is 1. The molecule has 0 saturated carbocycles. The zero-order chi connectivity index (χ0) is 18.1. The fraction of sp³-hybridized carbons (Fsp3) is 0.400. The Labute approximate surface area is 152 Å². The number of hydrogen-bond acceptors (Lipinski definition) is 4. The van der Waals surface area contributed by atoms with Crippen LogP contribution in [0.25, 0.3) is 0 Å². The first-order chi connectivity index (χ1) is 12.6. The second kappa shape index (κ2) is 6.96. The molecule has 0 radical (unpaired) electrons. The second-order valence-corrected chi connectivity index (χ2v) is 6.90. The molecule has 1 aromatic carbocycles. The molecule has 4 rings (SSSR count). The van der Waals surface area contributed by atoms with Crippen molar-refractivity contribution in [3.05, 3.63) is 63.6 Å². The molecular formula is C20H23N3O3. The number of aromatic nitrogens is 1. The van der Waals surface area contributed by atoms with E-state index in [1.165, 1.54) is 0 Å². The quantitative estimate of drug-likeness (QED) is 0.819. The first-order valence-electron chi connectivity index (χ1n) is 9.02. The predicted octanol–water partition coefficient (Wildman–Crippen LogP) is 1.42.